The molecule has 0 spiro atoms. The normalized spacial score (nSPS) is 31.7. The summed E-state index contributed by atoms with van der Waals surface area (Å²) in [5.74, 6) is 0.625. The maximum atomic E-state index is 5.99. The summed E-state index contributed by atoms with van der Waals surface area (Å²) in [5, 5.41) is 0. The van der Waals surface area contributed by atoms with E-state index in [4.69, 9.17) is 15.2 Å². The molecule has 2 aliphatic rings. The van der Waals surface area contributed by atoms with Crippen molar-refractivity contribution in [3.8, 4) is 0 Å². The van der Waals surface area contributed by atoms with Gasteiger partial charge in [-0.25, -0.2) is 0 Å². The highest BCUT2D eigenvalue weighted by atomic mass is 16.5. The Morgan fingerprint density at radius 1 is 1.44 bits per heavy atom. The summed E-state index contributed by atoms with van der Waals surface area (Å²) >= 11 is 0. The van der Waals surface area contributed by atoms with Gasteiger partial charge in [0.2, 0.25) is 0 Å². The Morgan fingerprint density at radius 3 is 3.00 bits per heavy atom. The van der Waals surface area contributed by atoms with Crippen LogP contribution in [0, 0.1) is 5.92 Å². The number of nitrogens with zero attached hydrogens (tertiary/aromatic N) is 1. The lowest BCUT2D eigenvalue weighted by atomic mass is 9.95. The third-order valence-electron chi connectivity index (χ3n) is 4.19. The molecular weight excluding hydrogens is 228 g/mol. The Labute approximate surface area is 111 Å². The average molecular weight is 256 g/mol. The second kappa shape index (κ2) is 7.43. The van der Waals surface area contributed by atoms with E-state index >= 15 is 0 Å². The molecule has 4 nitrogen and oxygen atoms in total. The van der Waals surface area contributed by atoms with Crippen LogP contribution in [0.5, 0.6) is 0 Å². The molecule has 0 aliphatic carbocycles. The fourth-order valence-corrected chi connectivity index (χ4v) is 3.18. The van der Waals surface area contributed by atoms with Crippen LogP contribution in [0.1, 0.15) is 32.6 Å². The zero-order valence-electron chi connectivity index (χ0n) is 11.6. The molecule has 0 amide bonds. The number of piperidine rings is 1. The summed E-state index contributed by atoms with van der Waals surface area (Å²) in [4.78, 5) is 2.54. The quantitative estimate of drug-likeness (QED) is 0.777. The SMILES string of the molecule is CCCOC1CCCN(C(CN)C2CCOC2)C1. The zero-order valence-corrected chi connectivity index (χ0v) is 11.6. The van der Waals surface area contributed by atoms with Crippen molar-refractivity contribution in [2.75, 3.05) is 39.5 Å². The number of hydrogen-bond donors (Lipinski definition) is 1. The monoisotopic (exact) mass is 256 g/mol. The van der Waals surface area contributed by atoms with Crippen LogP contribution >= 0.6 is 0 Å². The fraction of sp³-hybridized carbons (Fsp3) is 1.00. The van der Waals surface area contributed by atoms with Crippen molar-refractivity contribution in [1.29, 1.82) is 0 Å². The van der Waals surface area contributed by atoms with E-state index in [1.165, 1.54) is 25.8 Å². The lowest BCUT2D eigenvalue weighted by Crippen LogP contribution is -2.51. The van der Waals surface area contributed by atoms with Crippen LogP contribution < -0.4 is 5.73 Å². The van der Waals surface area contributed by atoms with Gasteiger partial charge in [-0.2, -0.15) is 0 Å². The van der Waals surface area contributed by atoms with Crippen molar-refractivity contribution in [1.82, 2.24) is 4.90 Å². The molecule has 2 rings (SSSR count). The van der Waals surface area contributed by atoms with E-state index in [2.05, 4.69) is 11.8 Å². The molecule has 2 N–H and O–H groups in total. The minimum Gasteiger partial charge on any atom is -0.381 e. The largest absolute Gasteiger partial charge is 0.381 e. The van der Waals surface area contributed by atoms with Gasteiger partial charge in [-0.1, -0.05) is 6.92 Å². The van der Waals surface area contributed by atoms with Gasteiger partial charge in [0.15, 0.2) is 0 Å². The van der Waals surface area contributed by atoms with Crippen molar-refractivity contribution in [2.24, 2.45) is 11.7 Å². The molecule has 0 bridgehead atoms. The summed E-state index contributed by atoms with van der Waals surface area (Å²) in [6.07, 6.45) is 5.12. The molecule has 2 heterocycles. The molecule has 3 atom stereocenters. The van der Waals surface area contributed by atoms with Gasteiger partial charge in [0.1, 0.15) is 0 Å². The zero-order chi connectivity index (χ0) is 12.8. The molecule has 0 saturated carbocycles. The number of ether oxygens (including phenoxy) is 2. The van der Waals surface area contributed by atoms with Crippen LogP contribution in [0.25, 0.3) is 0 Å². The Hall–Kier alpha value is -0.160. The molecule has 18 heavy (non-hydrogen) atoms. The maximum Gasteiger partial charge on any atom is 0.0702 e. The topological polar surface area (TPSA) is 47.7 Å². The van der Waals surface area contributed by atoms with E-state index < -0.39 is 0 Å². The van der Waals surface area contributed by atoms with Gasteiger partial charge in [-0.15, -0.1) is 0 Å². The molecule has 4 heteroatoms. The molecule has 3 unspecified atom stereocenters. The number of nitrogens with two attached hydrogens (primary N) is 1. The van der Waals surface area contributed by atoms with Crippen LogP contribution in [0.4, 0.5) is 0 Å². The smallest absolute Gasteiger partial charge is 0.0702 e. The third-order valence-corrected chi connectivity index (χ3v) is 4.19. The Balaban J connectivity index is 1.85. The van der Waals surface area contributed by atoms with Crippen LogP contribution in [-0.4, -0.2) is 56.5 Å². The second-order valence-electron chi connectivity index (χ2n) is 5.56. The van der Waals surface area contributed by atoms with E-state index in [0.29, 0.717) is 18.1 Å². The molecule has 2 fully saturated rings. The van der Waals surface area contributed by atoms with Crippen molar-refractivity contribution in [3.63, 3.8) is 0 Å². The van der Waals surface area contributed by atoms with Gasteiger partial charge in [0, 0.05) is 38.3 Å². The molecule has 106 valence electrons. The predicted molar refractivity (Wildman–Crippen MR) is 72.6 cm³/mol. The standard InChI is InChI=1S/C14H28N2O2/c1-2-7-18-13-4-3-6-16(10-13)14(9-15)12-5-8-17-11-12/h12-14H,2-11,15H2,1H3. The Morgan fingerprint density at radius 2 is 2.33 bits per heavy atom. The molecule has 2 saturated heterocycles. The summed E-state index contributed by atoms with van der Waals surface area (Å²) < 4.78 is 11.4. The molecular formula is C14H28N2O2. The van der Waals surface area contributed by atoms with Crippen LogP contribution in [-0.2, 0) is 9.47 Å². The summed E-state index contributed by atoms with van der Waals surface area (Å²) in [5.41, 5.74) is 5.99. The van der Waals surface area contributed by atoms with Crippen molar-refractivity contribution in [3.05, 3.63) is 0 Å². The second-order valence-corrected chi connectivity index (χ2v) is 5.56. The first-order valence-corrected chi connectivity index (χ1v) is 7.48. The van der Waals surface area contributed by atoms with Crippen molar-refractivity contribution < 1.29 is 9.47 Å². The first-order chi connectivity index (χ1) is 8.85. The van der Waals surface area contributed by atoms with Crippen LogP contribution in [0.2, 0.25) is 0 Å². The van der Waals surface area contributed by atoms with E-state index in [-0.39, 0.29) is 0 Å². The third kappa shape index (κ3) is 3.67. The fourth-order valence-electron chi connectivity index (χ4n) is 3.18. The molecule has 0 radical (unpaired) electrons. The first-order valence-electron chi connectivity index (χ1n) is 7.48. The van der Waals surface area contributed by atoms with E-state index in [1.54, 1.807) is 0 Å². The van der Waals surface area contributed by atoms with Gasteiger partial charge < -0.3 is 15.2 Å². The van der Waals surface area contributed by atoms with E-state index in [0.717, 1.165) is 39.3 Å². The van der Waals surface area contributed by atoms with Gasteiger partial charge in [0.25, 0.3) is 0 Å². The van der Waals surface area contributed by atoms with Crippen LogP contribution in [0.3, 0.4) is 0 Å². The Kier molecular flexibility index (Phi) is 5.89. The van der Waals surface area contributed by atoms with Crippen LogP contribution in [0.15, 0.2) is 0 Å². The predicted octanol–water partition coefficient (Wildman–Crippen LogP) is 1.24. The lowest BCUT2D eigenvalue weighted by molar-refractivity contribution is -0.0200. The Bertz CT molecular complexity index is 232. The average Bonchev–Trinajstić information content (AvgIpc) is 2.92. The minimum atomic E-state index is 0.412. The van der Waals surface area contributed by atoms with Gasteiger partial charge in [-0.3, -0.25) is 4.90 Å². The van der Waals surface area contributed by atoms with Gasteiger partial charge in [0.05, 0.1) is 12.7 Å². The number of rotatable bonds is 6. The van der Waals surface area contributed by atoms with E-state index in [9.17, 15) is 0 Å². The highest BCUT2D eigenvalue weighted by Crippen LogP contribution is 2.24. The maximum absolute atomic E-state index is 5.99. The molecule has 0 aromatic carbocycles. The summed E-state index contributed by atoms with van der Waals surface area (Å²) in [6, 6.07) is 0.487. The lowest BCUT2D eigenvalue weighted by Gasteiger charge is -2.40. The van der Waals surface area contributed by atoms with Crippen molar-refractivity contribution >= 4 is 0 Å². The van der Waals surface area contributed by atoms with Crippen molar-refractivity contribution in [2.45, 2.75) is 44.8 Å². The van der Waals surface area contributed by atoms with Gasteiger partial charge >= 0.3 is 0 Å². The van der Waals surface area contributed by atoms with E-state index in [1.807, 2.05) is 0 Å². The van der Waals surface area contributed by atoms with Gasteiger partial charge in [-0.05, 0) is 32.2 Å². The molecule has 0 aromatic rings. The number of likely N-dealkylation sites (tertiary alicyclic amines) is 1. The first kappa shape index (κ1) is 14.3. The summed E-state index contributed by atoms with van der Waals surface area (Å²) in [7, 11) is 0. The summed E-state index contributed by atoms with van der Waals surface area (Å²) in [6.45, 7) is 7.82. The minimum absolute atomic E-state index is 0.412. The highest BCUT2D eigenvalue weighted by molar-refractivity contribution is 4.86. The highest BCUT2D eigenvalue weighted by Gasteiger charge is 2.32. The molecule has 0 aromatic heterocycles. The molecule has 2 aliphatic heterocycles. The number of hydrogen-bond acceptors (Lipinski definition) is 4.